The summed E-state index contributed by atoms with van der Waals surface area (Å²) in [5, 5.41) is 0. The van der Waals surface area contributed by atoms with Gasteiger partial charge in [-0.1, -0.05) is 24.3 Å². The fraction of sp³-hybridized carbons (Fsp3) is 0.286. The van der Waals surface area contributed by atoms with Gasteiger partial charge in [0, 0.05) is 0 Å². The molecule has 0 saturated heterocycles. The maximum absolute atomic E-state index is 11.7. The Labute approximate surface area is 200 Å². The van der Waals surface area contributed by atoms with E-state index in [0.29, 0.717) is 22.6 Å². The Balaban J connectivity index is 1.76. The Morgan fingerprint density at radius 1 is 0.559 bits per heavy atom. The first-order valence-electron chi connectivity index (χ1n) is 11.1. The van der Waals surface area contributed by atoms with Crippen LogP contribution >= 0.6 is 0 Å². The number of esters is 2. The topological polar surface area (TPSA) is 71.1 Å². The zero-order valence-electron chi connectivity index (χ0n) is 20.1. The molecule has 0 aliphatic carbocycles. The minimum Gasteiger partial charge on any atom is -0.493 e. The van der Waals surface area contributed by atoms with Gasteiger partial charge in [0.25, 0.3) is 0 Å². The van der Waals surface area contributed by atoms with Crippen LogP contribution in [0.3, 0.4) is 0 Å². The van der Waals surface area contributed by atoms with Crippen LogP contribution < -0.4 is 9.47 Å². The fourth-order valence-electron chi connectivity index (χ4n) is 3.84. The van der Waals surface area contributed by atoms with E-state index < -0.39 is 0 Å². The highest BCUT2D eigenvalue weighted by atomic mass is 16.5. The van der Waals surface area contributed by atoms with Crippen molar-refractivity contribution in [2.75, 3.05) is 28.4 Å². The van der Waals surface area contributed by atoms with Gasteiger partial charge in [0.15, 0.2) is 11.5 Å². The number of carbonyl (C=O) groups is 2. The van der Waals surface area contributed by atoms with Crippen LogP contribution in [0.5, 0.6) is 11.5 Å². The number of hydrogen-bond donors (Lipinski definition) is 0. The predicted octanol–water partition coefficient (Wildman–Crippen LogP) is 4.85. The number of aryl methyl sites for hydroxylation is 4. The summed E-state index contributed by atoms with van der Waals surface area (Å²) in [7, 11) is 6.02. The average Bonchev–Trinajstić information content (AvgIpc) is 2.90. The summed E-state index contributed by atoms with van der Waals surface area (Å²) in [6, 6.07) is 19.0. The Morgan fingerprint density at radius 3 is 1.21 bits per heavy atom. The average molecular weight is 463 g/mol. The number of benzene rings is 3. The predicted molar refractivity (Wildman–Crippen MR) is 130 cm³/mol. The van der Waals surface area contributed by atoms with Crippen LogP contribution in [0, 0.1) is 0 Å². The number of carbonyl (C=O) groups excluding carboxylic acids is 2. The van der Waals surface area contributed by atoms with Crippen molar-refractivity contribution in [3.05, 3.63) is 94.0 Å². The molecule has 0 amide bonds. The van der Waals surface area contributed by atoms with E-state index in [1.165, 1.54) is 25.3 Å². The molecule has 6 nitrogen and oxygen atoms in total. The molecule has 6 heteroatoms. The molecule has 3 aromatic rings. The second-order valence-corrected chi connectivity index (χ2v) is 7.85. The van der Waals surface area contributed by atoms with Crippen molar-refractivity contribution >= 4 is 11.9 Å². The van der Waals surface area contributed by atoms with Gasteiger partial charge in [-0.25, -0.2) is 9.59 Å². The minimum atomic E-state index is -0.339. The molecule has 0 saturated carbocycles. The molecule has 0 unspecified atom stereocenters. The molecule has 0 bridgehead atoms. The SMILES string of the molecule is COC(=O)c1ccc(CCc2cc(OC)c(OC)cc2CCc2ccc(C(=O)OC)cc2)cc1. The lowest BCUT2D eigenvalue weighted by atomic mass is 9.94. The minimum absolute atomic E-state index is 0.339. The van der Waals surface area contributed by atoms with E-state index in [0.717, 1.165) is 36.8 Å². The first-order chi connectivity index (χ1) is 16.5. The van der Waals surface area contributed by atoms with Crippen molar-refractivity contribution < 1.29 is 28.5 Å². The molecule has 0 aliphatic rings. The van der Waals surface area contributed by atoms with Crippen LogP contribution in [-0.4, -0.2) is 40.4 Å². The molecular weight excluding hydrogens is 432 g/mol. The summed E-state index contributed by atoms with van der Waals surface area (Å²) in [6.45, 7) is 0. The molecule has 3 aromatic carbocycles. The summed E-state index contributed by atoms with van der Waals surface area (Å²) in [5.41, 5.74) is 5.70. The van der Waals surface area contributed by atoms with Gasteiger partial charge in [-0.15, -0.1) is 0 Å². The lowest BCUT2D eigenvalue weighted by Gasteiger charge is -2.15. The van der Waals surface area contributed by atoms with Crippen molar-refractivity contribution in [1.29, 1.82) is 0 Å². The van der Waals surface area contributed by atoms with Gasteiger partial charge in [-0.3, -0.25) is 0 Å². The van der Waals surface area contributed by atoms with Crippen LogP contribution in [0.15, 0.2) is 60.7 Å². The number of hydrogen-bond acceptors (Lipinski definition) is 6. The van der Waals surface area contributed by atoms with E-state index in [9.17, 15) is 9.59 Å². The molecule has 0 N–H and O–H groups in total. The Kier molecular flexibility index (Phi) is 8.68. The zero-order valence-corrected chi connectivity index (χ0v) is 20.1. The van der Waals surface area contributed by atoms with Crippen molar-refractivity contribution in [2.24, 2.45) is 0 Å². The largest absolute Gasteiger partial charge is 0.493 e. The van der Waals surface area contributed by atoms with E-state index in [4.69, 9.17) is 18.9 Å². The standard InChI is InChI=1S/C28H30O6/c1-31-25-17-23(15-9-19-5-11-21(12-6-19)27(29)33-3)24(18-26(25)32-2)16-10-20-7-13-22(14-8-20)28(30)34-4/h5-8,11-14,17-18H,9-10,15-16H2,1-4H3. The number of methoxy groups -OCH3 is 4. The molecule has 0 atom stereocenters. The number of ether oxygens (including phenoxy) is 4. The third-order valence-electron chi connectivity index (χ3n) is 5.82. The summed E-state index contributed by atoms with van der Waals surface area (Å²) >= 11 is 0. The lowest BCUT2D eigenvalue weighted by Crippen LogP contribution is -2.04. The molecule has 0 spiro atoms. The van der Waals surface area contributed by atoms with Crippen molar-refractivity contribution in [1.82, 2.24) is 0 Å². The third kappa shape index (κ3) is 6.16. The molecule has 0 heterocycles. The second kappa shape index (κ2) is 11.9. The first-order valence-corrected chi connectivity index (χ1v) is 11.1. The van der Waals surface area contributed by atoms with E-state index >= 15 is 0 Å². The van der Waals surface area contributed by atoms with Crippen molar-refractivity contribution in [3.8, 4) is 11.5 Å². The van der Waals surface area contributed by atoms with E-state index in [-0.39, 0.29) is 11.9 Å². The summed E-state index contributed by atoms with van der Waals surface area (Å²) in [6.07, 6.45) is 3.26. The first kappa shape index (κ1) is 24.8. The highest BCUT2D eigenvalue weighted by Crippen LogP contribution is 2.32. The lowest BCUT2D eigenvalue weighted by molar-refractivity contribution is 0.0592. The molecule has 0 aromatic heterocycles. The van der Waals surface area contributed by atoms with Crippen molar-refractivity contribution in [2.45, 2.75) is 25.7 Å². The van der Waals surface area contributed by atoms with Crippen LogP contribution in [0.1, 0.15) is 43.0 Å². The molecule has 3 rings (SSSR count). The van der Waals surface area contributed by atoms with Gasteiger partial charge in [0.05, 0.1) is 39.6 Å². The van der Waals surface area contributed by atoms with Gasteiger partial charge in [0.1, 0.15) is 0 Å². The van der Waals surface area contributed by atoms with E-state index in [1.54, 1.807) is 38.5 Å². The summed E-state index contributed by atoms with van der Waals surface area (Å²) < 4.78 is 20.6. The van der Waals surface area contributed by atoms with Gasteiger partial charge >= 0.3 is 11.9 Å². The van der Waals surface area contributed by atoms with E-state index in [2.05, 4.69) is 0 Å². The quantitative estimate of drug-likeness (QED) is 0.401. The second-order valence-electron chi connectivity index (χ2n) is 7.85. The van der Waals surface area contributed by atoms with Crippen LogP contribution in [0.4, 0.5) is 0 Å². The van der Waals surface area contributed by atoms with Crippen LogP contribution in [0.25, 0.3) is 0 Å². The third-order valence-corrected chi connectivity index (χ3v) is 5.82. The van der Waals surface area contributed by atoms with E-state index in [1.807, 2.05) is 36.4 Å². The highest BCUT2D eigenvalue weighted by Gasteiger charge is 2.13. The maximum Gasteiger partial charge on any atom is 0.337 e. The maximum atomic E-state index is 11.7. The highest BCUT2D eigenvalue weighted by molar-refractivity contribution is 5.89. The van der Waals surface area contributed by atoms with Gasteiger partial charge in [-0.05, 0) is 84.3 Å². The summed E-state index contributed by atoms with van der Waals surface area (Å²) in [5.74, 6) is 0.719. The smallest absolute Gasteiger partial charge is 0.337 e. The Bertz CT molecular complexity index is 1030. The van der Waals surface area contributed by atoms with Crippen molar-refractivity contribution in [3.63, 3.8) is 0 Å². The fourth-order valence-corrected chi connectivity index (χ4v) is 3.84. The molecule has 0 radical (unpaired) electrons. The molecule has 0 aliphatic heterocycles. The van der Waals surface area contributed by atoms with Gasteiger partial charge in [-0.2, -0.15) is 0 Å². The van der Waals surface area contributed by atoms with Gasteiger partial charge < -0.3 is 18.9 Å². The zero-order chi connectivity index (χ0) is 24.5. The van der Waals surface area contributed by atoms with Crippen LogP contribution in [-0.2, 0) is 35.2 Å². The molecule has 34 heavy (non-hydrogen) atoms. The Morgan fingerprint density at radius 2 is 0.912 bits per heavy atom. The molecule has 178 valence electrons. The summed E-state index contributed by atoms with van der Waals surface area (Å²) in [4.78, 5) is 23.3. The number of rotatable bonds is 10. The van der Waals surface area contributed by atoms with Gasteiger partial charge in [0.2, 0.25) is 0 Å². The monoisotopic (exact) mass is 462 g/mol. The molecular formula is C28H30O6. The molecule has 0 fully saturated rings. The van der Waals surface area contributed by atoms with Crippen LogP contribution in [0.2, 0.25) is 0 Å². The normalized spacial score (nSPS) is 10.5. The Hall–Kier alpha value is -3.80.